The average Bonchev–Trinajstić information content (AvgIpc) is 3.02. The number of anilines is 1. The van der Waals surface area contributed by atoms with Crippen LogP contribution in [0.15, 0.2) is 36.4 Å². The number of halogens is 4. The molecule has 0 bridgehead atoms. The lowest BCUT2D eigenvalue weighted by atomic mass is 10.0. The van der Waals surface area contributed by atoms with Gasteiger partial charge in [0.2, 0.25) is 5.95 Å². The summed E-state index contributed by atoms with van der Waals surface area (Å²) in [6.45, 7) is 2.63. The molecular formula is C20H20ClF3N4. The zero-order chi connectivity index (χ0) is 20.0. The Labute approximate surface area is 165 Å². The van der Waals surface area contributed by atoms with Crippen LogP contribution >= 0.6 is 11.6 Å². The smallest absolute Gasteiger partial charge is 0.207 e. The Morgan fingerprint density at radius 3 is 2.68 bits per heavy atom. The SMILES string of the molecule is C[C@H](c1cccc(Cl)c1)n1c(N2CC[C@@H](F)[C@H](N)C2)nc2cc(F)c(F)cc21. The van der Waals surface area contributed by atoms with Crippen molar-refractivity contribution in [3.63, 3.8) is 0 Å². The van der Waals surface area contributed by atoms with Gasteiger partial charge in [0.05, 0.1) is 23.1 Å². The molecule has 0 radical (unpaired) electrons. The Kier molecular flexibility index (Phi) is 4.97. The molecule has 1 saturated heterocycles. The van der Waals surface area contributed by atoms with Crippen LogP contribution in [0, 0.1) is 11.6 Å². The summed E-state index contributed by atoms with van der Waals surface area (Å²) in [6.07, 6.45) is -0.798. The van der Waals surface area contributed by atoms with Gasteiger partial charge in [-0.1, -0.05) is 23.7 Å². The van der Waals surface area contributed by atoms with E-state index in [2.05, 4.69) is 4.98 Å². The van der Waals surface area contributed by atoms with E-state index in [1.54, 1.807) is 6.07 Å². The molecule has 0 aliphatic carbocycles. The Balaban J connectivity index is 1.87. The number of nitrogens with two attached hydrogens (primary N) is 1. The largest absolute Gasteiger partial charge is 0.340 e. The fraction of sp³-hybridized carbons (Fsp3) is 0.350. The number of hydrogen-bond donors (Lipinski definition) is 1. The molecule has 0 spiro atoms. The molecule has 148 valence electrons. The lowest BCUT2D eigenvalue weighted by molar-refractivity contribution is 0.243. The van der Waals surface area contributed by atoms with Crippen molar-refractivity contribution in [1.29, 1.82) is 0 Å². The lowest BCUT2D eigenvalue weighted by Gasteiger charge is -2.35. The van der Waals surface area contributed by atoms with E-state index in [4.69, 9.17) is 17.3 Å². The van der Waals surface area contributed by atoms with Gasteiger partial charge in [-0.3, -0.25) is 0 Å². The fourth-order valence-corrected chi connectivity index (χ4v) is 3.93. The van der Waals surface area contributed by atoms with Crippen molar-refractivity contribution in [2.24, 2.45) is 5.73 Å². The second kappa shape index (κ2) is 7.29. The molecule has 0 amide bonds. The molecule has 1 fully saturated rings. The predicted molar refractivity (Wildman–Crippen MR) is 105 cm³/mol. The van der Waals surface area contributed by atoms with Gasteiger partial charge in [0.15, 0.2) is 11.6 Å². The van der Waals surface area contributed by atoms with Gasteiger partial charge in [-0.05, 0) is 31.0 Å². The Morgan fingerprint density at radius 1 is 1.21 bits per heavy atom. The second-order valence-corrected chi connectivity index (χ2v) is 7.62. The molecule has 4 rings (SSSR count). The molecule has 2 N–H and O–H groups in total. The summed E-state index contributed by atoms with van der Waals surface area (Å²) in [5.74, 6) is -1.40. The molecule has 0 saturated carbocycles. The summed E-state index contributed by atoms with van der Waals surface area (Å²) >= 11 is 6.14. The highest BCUT2D eigenvalue weighted by Crippen LogP contribution is 2.33. The number of piperidine rings is 1. The molecule has 28 heavy (non-hydrogen) atoms. The van der Waals surface area contributed by atoms with Crippen LogP contribution in [0.5, 0.6) is 0 Å². The van der Waals surface area contributed by atoms with Crippen LogP contribution < -0.4 is 10.6 Å². The van der Waals surface area contributed by atoms with Crippen LogP contribution in [0.4, 0.5) is 19.1 Å². The minimum atomic E-state index is -1.07. The van der Waals surface area contributed by atoms with E-state index in [0.717, 1.165) is 17.7 Å². The molecule has 2 aromatic carbocycles. The minimum Gasteiger partial charge on any atom is -0.340 e. The van der Waals surface area contributed by atoms with Gasteiger partial charge < -0.3 is 15.2 Å². The van der Waals surface area contributed by atoms with Crippen LogP contribution in [0.2, 0.25) is 5.02 Å². The fourth-order valence-electron chi connectivity index (χ4n) is 3.73. The first-order valence-corrected chi connectivity index (χ1v) is 9.50. The molecular weight excluding hydrogens is 389 g/mol. The van der Waals surface area contributed by atoms with Crippen LogP contribution in [0.1, 0.15) is 24.9 Å². The number of nitrogens with zero attached hydrogens (tertiary/aromatic N) is 3. The van der Waals surface area contributed by atoms with Crippen molar-refractivity contribution in [3.8, 4) is 0 Å². The van der Waals surface area contributed by atoms with Crippen molar-refractivity contribution in [3.05, 3.63) is 58.6 Å². The van der Waals surface area contributed by atoms with Gasteiger partial charge >= 0.3 is 0 Å². The first-order valence-electron chi connectivity index (χ1n) is 9.12. The summed E-state index contributed by atoms with van der Waals surface area (Å²) in [5.41, 5.74) is 7.59. The third-order valence-corrected chi connectivity index (χ3v) is 5.52. The number of aromatic nitrogens is 2. The predicted octanol–water partition coefficient (Wildman–Crippen LogP) is 4.45. The highest BCUT2D eigenvalue weighted by Gasteiger charge is 2.30. The van der Waals surface area contributed by atoms with Crippen LogP contribution in [0.3, 0.4) is 0 Å². The van der Waals surface area contributed by atoms with Crippen molar-refractivity contribution < 1.29 is 13.2 Å². The Hall–Kier alpha value is -2.25. The summed E-state index contributed by atoms with van der Waals surface area (Å²) in [4.78, 5) is 6.41. The number of rotatable bonds is 3. The molecule has 1 aromatic heterocycles. The number of fused-ring (bicyclic) bond motifs is 1. The Bertz CT molecular complexity index is 1020. The lowest BCUT2D eigenvalue weighted by Crippen LogP contribution is -2.50. The molecule has 1 aliphatic heterocycles. The minimum absolute atomic E-state index is 0.261. The van der Waals surface area contributed by atoms with E-state index in [1.807, 2.05) is 34.6 Å². The van der Waals surface area contributed by atoms with Crippen LogP contribution in [0.25, 0.3) is 11.0 Å². The van der Waals surface area contributed by atoms with Crippen LogP contribution in [-0.4, -0.2) is 34.9 Å². The number of hydrogen-bond acceptors (Lipinski definition) is 3. The highest BCUT2D eigenvalue weighted by molar-refractivity contribution is 6.30. The third-order valence-electron chi connectivity index (χ3n) is 5.28. The number of imidazole rings is 1. The maximum Gasteiger partial charge on any atom is 0.207 e. The number of alkyl halides is 1. The third kappa shape index (κ3) is 3.33. The van der Waals surface area contributed by atoms with Gasteiger partial charge in [-0.2, -0.15) is 0 Å². The van der Waals surface area contributed by atoms with Gasteiger partial charge in [0.25, 0.3) is 0 Å². The topological polar surface area (TPSA) is 47.1 Å². The summed E-state index contributed by atoms with van der Waals surface area (Å²) in [5, 5.41) is 0.577. The first-order chi connectivity index (χ1) is 13.3. The zero-order valence-electron chi connectivity index (χ0n) is 15.2. The van der Waals surface area contributed by atoms with Crippen LogP contribution in [-0.2, 0) is 0 Å². The van der Waals surface area contributed by atoms with Gasteiger partial charge in [0.1, 0.15) is 6.17 Å². The molecule has 2 heterocycles. The molecule has 0 unspecified atom stereocenters. The summed E-state index contributed by atoms with van der Waals surface area (Å²) in [7, 11) is 0. The molecule has 3 aromatic rings. The van der Waals surface area contributed by atoms with Crippen molar-refractivity contribution in [2.45, 2.75) is 31.6 Å². The maximum atomic E-state index is 14.0. The van der Waals surface area contributed by atoms with Gasteiger partial charge in [0, 0.05) is 30.2 Å². The molecule has 1 aliphatic rings. The van der Waals surface area contributed by atoms with E-state index in [1.165, 1.54) is 0 Å². The maximum absolute atomic E-state index is 14.0. The van der Waals surface area contributed by atoms with Gasteiger partial charge in [-0.25, -0.2) is 18.2 Å². The monoisotopic (exact) mass is 408 g/mol. The van der Waals surface area contributed by atoms with E-state index in [0.29, 0.717) is 28.5 Å². The van der Waals surface area contributed by atoms with E-state index in [-0.39, 0.29) is 19.0 Å². The molecule has 8 heteroatoms. The molecule has 3 atom stereocenters. The summed E-state index contributed by atoms with van der Waals surface area (Å²) in [6, 6.07) is 8.65. The van der Waals surface area contributed by atoms with E-state index >= 15 is 0 Å². The summed E-state index contributed by atoms with van der Waals surface area (Å²) < 4.78 is 43.5. The van der Waals surface area contributed by atoms with E-state index in [9.17, 15) is 13.2 Å². The highest BCUT2D eigenvalue weighted by atomic mass is 35.5. The Morgan fingerprint density at radius 2 is 1.96 bits per heavy atom. The zero-order valence-corrected chi connectivity index (χ0v) is 16.0. The van der Waals surface area contributed by atoms with Crippen molar-refractivity contribution >= 4 is 28.6 Å². The second-order valence-electron chi connectivity index (χ2n) is 7.18. The standard InChI is InChI=1S/C20H20ClF3N4/c1-11(12-3-2-4-13(21)7-12)28-19-9-16(24)15(23)8-18(19)26-20(28)27-6-5-14(22)17(25)10-27/h2-4,7-9,11,14,17H,5-6,10,25H2,1H3/t11-,14-,17-/m1/s1. The quantitative estimate of drug-likeness (QED) is 0.696. The van der Waals surface area contributed by atoms with Crippen molar-refractivity contribution in [2.75, 3.05) is 18.0 Å². The molecule has 4 nitrogen and oxygen atoms in total. The van der Waals surface area contributed by atoms with E-state index < -0.39 is 23.8 Å². The first kappa shape index (κ1) is 19.1. The number of benzene rings is 2. The average molecular weight is 409 g/mol. The normalized spacial score (nSPS) is 21.3. The van der Waals surface area contributed by atoms with Gasteiger partial charge in [-0.15, -0.1) is 0 Å². The van der Waals surface area contributed by atoms with Crippen molar-refractivity contribution in [1.82, 2.24) is 9.55 Å².